The highest BCUT2D eigenvalue weighted by Gasteiger charge is 2.10. The van der Waals surface area contributed by atoms with Crippen molar-refractivity contribution in [2.24, 2.45) is 0 Å². The van der Waals surface area contributed by atoms with Gasteiger partial charge < -0.3 is 10.2 Å². The monoisotopic (exact) mass is 204 g/mol. The van der Waals surface area contributed by atoms with E-state index < -0.39 is 0 Å². The predicted octanol–water partition coefficient (Wildman–Crippen LogP) is 0.135. The minimum atomic E-state index is -0.118. The highest BCUT2D eigenvalue weighted by atomic mass is 16.1. The molecule has 1 aromatic rings. The van der Waals surface area contributed by atoms with E-state index in [0.717, 1.165) is 0 Å². The molecule has 0 unspecified atom stereocenters. The molecule has 0 saturated carbocycles. The van der Waals surface area contributed by atoms with Crippen LogP contribution < -0.4 is 10.2 Å². The van der Waals surface area contributed by atoms with Gasteiger partial charge in [0.15, 0.2) is 0 Å². The average Bonchev–Trinajstić information content (AvgIpc) is 2.28. The summed E-state index contributed by atoms with van der Waals surface area (Å²) in [6, 6.07) is 5.39. The molecule has 0 atom stereocenters. The summed E-state index contributed by atoms with van der Waals surface area (Å²) in [7, 11) is 3.29. The summed E-state index contributed by atoms with van der Waals surface area (Å²) in [6.07, 6.45) is 1.59. The third kappa shape index (κ3) is 2.68. The fraction of sp³-hybridized carbons (Fsp3) is 0.300. The fourth-order valence-corrected chi connectivity index (χ4v) is 1.16. The first-order valence-corrected chi connectivity index (χ1v) is 4.46. The summed E-state index contributed by atoms with van der Waals surface area (Å²) < 4.78 is 0. The molecule has 15 heavy (non-hydrogen) atoms. The Hall–Kier alpha value is -2.09. The lowest BCUT2D eigenvalue weighted by molar-refractivity contribution is -0.119. The Bertz CT molecular complexity index is 397. The van der Waals surface area contributed by atoms with Crippen LogP contribution in [0, 0.1) is 11.3 Å². The van der Waals surface area contributed by atoms with Gasteiger partial charge in [0.05, 0.1) is 12.1 Å². The molecule has 5 nitrogen and oxygen atoms in total. The summed E-state index contributed by atoms with van der Waals surface area (Å²) in [5, 5.41) is 11.4. The highest BCUT2D eigenvalue weighted by molar-refractivity contribution is 5.81. The minimum absolute atomic E-state index is 0.118. The molecule has 0 saturated heterocycles. The lowest BCUT2D eigenvalue weighted by Crippen LogP contribution is -2.33. The molecule has 1 N–H and O–H groups in total. The molecule has 0 aliphatic rings. The van der Waals surface area contributed by atoms with Crippen LogP contribution in [0.2, 0.25) is 0 Å². The summed E-state index contributed by atoms with van der Waals surface area (Å²) >= 11 is 0. The van der Waals surface area contributed by atoms with E-state index in [1.165, 1.54) is 0 Å². The van der Waals surface area contributed by atoms with Gasteiger partial charge in [-0.2, -0.15) is 5.26 Å². The molecular weight excluding hydrogens is 192 g/mol. The van der Waals surface area contributed by atoms with Crippen molar-refractivity contribution in [3.63, 3.8) is 0 Å². The van der Waals surface area contributed by atoms with Crippen molar-refractivity contribution in [2.75, 3.05) is 25.5 Å². The number of nitrogens with one attached hydrogen (secondary N) is 1. The van der Waals surface area contributed by atoms with Gasteiger partial charge in [-0.1, -0.05) is 0 Å². The molecule has 5 heteroatoms. The average molecular weight is 204 g/mol. The van der Waals surface area contributed by atoms with Crippen LogP contribution in [0.25, 0.3) is 0 Å². The number of rotatable bonds is 3. The molecule has 78 valence electrons. The van der Waals surface area contributed by atoms with Gasteiger partial charge in [-0.3, -0.25) is 4.79 Å². The summed E-state index contributed by atoms with van der Waals surface area (Å²) in [5.41, 5.74) is 0.462. The van der Waals surface area contributed by atoms with Crippen LogP contribution in [0.4, 0.5) is 5.82 Å². The number of nitriles is 1. The van der Waals surface area contributed by atoms with Gasteiger partial charge in [-0.15, -0.1) is 0 Å². The zero-order valence-electron chi connectivity index (χ0n) is 8.69. The number of carbonyl (C=O) groups excluding carboxylic acids is 1. The number of likely N-dealkylation sites (N-methyl/N-ethyl adjacent to an activating group) is 2. The van der Waals surface area contributed by atoms with Crippen molar-refractivity contribution < 1.29 is 4.79 Å². The van der Waals surface area contributed by atoms with Gasteiger partial charge in [0.25, 0.3) is 0 Å². The first kappa shape index (κ1) is 11.0. The van der Waals surface area contributed by atoms with E-state index in [0.29, 0.717) is 11.4 Å². The van der Waals surface area contributed by atoms with Gasteiger partial charge in [-0.25, -0.2) is 4.98 Å². The number of hydrogen-bond acceptors (Lipinski definition) is 4. The van der Waals surface area contributed by atoms with E-state index in [4.69, 9.17) is 5.26 Å². The number of anilines is 1. The van der Waals surface area contributed by atoms with Gasteiger partial charge >= 0.3 is 0 Å². The minimum Gasteiger partial charge on any atom is -0.358 e. The maximum atomic E-state index is 11.1. The smallest absolute Gasteiger partial charge is 0.239 e. The van der Waals surface area contributed by atoms with Gasteiger partial charge in [-0.05, 0) is 12.1 Å². The number of carbonyl (C=O) groups is 1. The van der Waals surface area contributed by atoms with Crippen molar-refractivity contribution in [1.82, 2.24) is 10.3 Å². The quantitative estimate of drug-likeness (QED) is 0.760. The van der Waals surface area contributed by atoms with Crippen LogP contribution in [0.5, 0.6) is 0 Å². The van der Waals surface area contributed by atoms with Crippen LogP contribution in [0.3, 0.4) is 0 Å². The molecule has 0 bridgehead atoms. The van der Waals surface area contributed by atoms with Crippen molar-refractivity contribution in [1.29, 1.82) is 5.26 Å². The van der Waals surface area contributed by atoms with E-state index in [9.17, 15) is 4.79 Å². The summed E-state index contributed by atoms with van der Waals surface area (Å²) in [6.45, 7) is 0.183. The lowest BCUT2D eigenvalue weighted by atomic mass is 10.2. The Kier molecular flexibility index (Phi) is 3.63. The third-order valence-electron chi connectivity index (χ3n) is 1.93. The summed E-state index contributed by atoms with van der Waals surface area (Å²) in [4.78, 5) is 16.8. The van der Waals surface area contributed by atoms with Crippen LogP contribution in [-0.2, 0) is 4.79 Å². The van der Waals surface area contributed by atoms with Crippen LogP contribution in [-0.4, -0.2) is 31.5 Å². The Morgan fingerprint density at radius 2 is 2.47 bits per heavy atom. The molecule has 1 heterocycles. The molecule has 1 aromatic heterocycles. The van der Waals surface area contributed by atoms with Crippen LogP contribution in [0.1, 0.15) is 5.56 Å². The Labute approximate surface area is 88.3 Å². The maximum Gasteiger partial charge on any atom is 0.239 e. The van der Waals surface area contributed by atoms with Crippen molar-refractivity contribution in [2.45, 2.75) is 0 Å². The molecule has 0 aliphatic heterocycles. The van der Waals surface area contributed by atoms with E-state index in [1.54, 1.807) is 37.3 Å². The Morgan fingerprint density at radius 1 is 1.73 bits per heavy atom. The second-order valence-electron chi connectivity index (χ2n) is 3.02. The van der Waals surface area contributed by atoms with E-state index in [1.807, 2.05) is 6.07 Å². The first-order valence-electron chi connectivity index (χ1n) is 4.46. The fourth-order valence-electron chi connectivity index (χ4n) is 1.16. The largest absolute Gasteiger partial charge is 0.358 e. The second kappa shape index (κ2) is 4.96. The van der Waals surface area contributed by atoms with Crippen molar-refractivity contribution >= 4 is 11.7 Å². The zero-order chi connectivity index (χ0) is 11.3. The van der Waals surface area contributed by atoms with E-state index >= 15 is 0 Å². The molecule has 0 aliphatic carbocycles. The molecule has 0 spiro atoms. The predicted molar refractivity (Wildman–Crippen MR) is 56.3 cm³/mol. The lowest BCUT2D eigenvalue weighted by Gasteiger charge is -2.17. The SMILES string of the molecule is CNC(=O)CN(C)c1ncccc1C#N. The van der Waals surface area contributed by atoms with Gasteiger partial charge in [0.2, 0.25) is 5.91 Å². The molecule has 0 radical (unpaired) electrons. The Balaban J connectivity index is 2.87. The standard InChI is InChI=1S/C10H12N4O/c1-12-9(15)7-14(2)10-8(6-11)4-3-5-13-10/h3-5H,7H2,1-2H3,(H,12,15). The molecule has 1 rings (SSSR count). The molecule has 0 fully saturated rings. The van der Waals surface area contributed by atoms with Crippen LogP contribution in [0.15, 0.2) is 18.3 Å². The first-order chi connectivity index (χ1) is 7.19. The van der Waals surface area contributed by atoms with Crippen LogP contribution >= 0.6 is 0 Å². The molecule has 0 aromatic carbocycles. The maximum absolute atomic E-state index is 11.1. The number of nitrogens with zero attached hydrogens (tertiary/aromatic N) is 3. The number of aromatic nitrogens is 1. The number of hydrogen-bond donors (Lipinski definition) is 1. The van der Waals surface area contributed by atoms with Crippen molar-refractivity contribution in [3.05, 3.63) is 23.9 Å². The topological polar surface area (TPSA) is 69.0 Å². The van der Waals surface area contributed by atoms with E-state index in [2.05, 4.69) is 10.3 Å². The third-order valence-corrected chi connectivity index (χ3v) is 1.93. The molecule has 1 amide bonds. The molecular formula is C10H12N4O. The van der Waals surface area contributed by atoms with Crippen molar-refractivity contribution in [3.8, 4) is 6.07 Å². The number of pyridine rings is 1. The van der Waals surface area contributed by atoms with Gasteiger partial charge in [0.1, 0.15) is 11.9 Å². The highest BCUT2D eigenvalue weighted by Crippen LogP contribution is 2.13. The van der Waals surface area contributed by atoms with E-state index in [-0.39, 0.29) is 12.5 Å². The second-order valence-corrected chi connectivity index (χ2v) is 3.02. The summed E-state index contributed by atoms with van der Waals surface area (Å²) in [5.74, 6) is 0.399. The zero-order valence-corrected chi connectivity index (χ0v) is 8.69. The normalized spacial score (nSPS) is 9.13. The number of amides is 1. The Morgan fingerprint density at radius 3 is 3.07 bits per heavy atom. The van der Waals surface area contributed by atoms with Gasteiger partial charge in [0, 0.05) is 20.3 Å².